The van der Waals surface area contributed by atoms with Gasteiger partial charge in [0.05, 0.1) is 29.6 Å². The number of anilines is 1. The minimum absolute atomic E-state index is 0.0145. The molecule has 1 aromatic carbocycles. The Morgan fingerprint density at radius 1 is 1.20 bits per heavy atom. The van der Waals surface area contributed by atoms with Crippen molar-refractivity contribution < 1.29 is 9.50 Å². The Hall–Kier alpha value is -2.76. The highest BCUT2D eigenvalue weighted by atomic mass is 19.1. The lowest BCUT2D eigenvalue weighted by Gasteiger charge is -2.34. The van der Waals surface area contributed by atoms with Gasteiger partial charge in [0.1, 0.15) is 11.9 Å². The van der Waals surface area contributed by atoms with Gasteiger partial charge in [0.15, 0.2) is 0 Å². The molecule has 7 nitrogen and oxygen atoms in total. The predicted molar refractivity (Wildman–Crippen MR) is 111 cm³/mol. The Morgan fingerprint density at radius 3 is 2.73 bits per heavy atom. The van der Waals surface area contributed by atoms with E-state index in [0.29, 0.717) is 25.9 Å². The molecule has 0 saturated carbocycles. The van der Waals surface area contributed by atoms with Gasteiger partial charge < -0.3 is 10.0 Å². The number of likely N-dealkylation sites (tertiary alicyclic amines) is 1. The van der Waals surface area contributed by atoms with Crippen molar-refractivity contribution in [2.75, 3.05) is 31.1 Å². The first-order valence-electron chi connectivity index (χ1n) is 10.5. The number of halogens is 1. The first-order valence-corrected chi connectivity index (χ1v) is 10.5. The van der Waals surface area contributed by atoms with Crippen molar-refractivity contribution in [3.63, 3.8) is 0 Å². The average molecular weight is 411 g/mol. The Balaban J connectivity index is 1.44. The molecule has 4 rings (SSSR count). The van der Waals surface area contributed by atoms with Crippen molar-refractivity contribution in [1.82, 2.24) is 14.7 Å². The summed E-state index contributed by atoms with van der Waals surface area (Å²) in [5, 5.41) is 23.2. The topological polar surface area (TPSA) is 85.4 Å². The number of aromatic nitrogens is 2. The number of piperidine rings is 2. The van der Waals surface area contributed by atoms with E-state index < -0.39 is 5.82 Å². The van der Waals surface area contributed by atoms with Crippen LogP contribution in [0.15, 0.2) is 35.3 Å². The highest BCUT2D eigenvalue weighted by molar-refractivity contribution is 5.43. The number of hydrogen-bond acceptors (Lipinski definition) is 6. The van der Waals surface area contributed by atoms with E-state index in [4.69, 9.17) is 5.26 Å². The summed E-state index contributed by atoms with van der Waals surface area (Å²) in [6, 6.07) is 8.14. The van der Waals surface area contributed by atoms with Gasteiger partial charge in [-0.3, -0.25) is 9.69 Å². The molecule has 0 spiro atoms. The lowest BCUT2D eigenvalue weighted by atomic mass is 10.0. The van der Waals surface area contributed by atoms with Crippen LogP contribution in [-0.2, 0) is 6.54 Å². The number of aliphatic hydroxyl groups is 1. The van der Waals surface area contributed by atoms with Crippen LogP contribution < -0.4 is 10.5 Å². The van der Waals surface area contributed by atoms with Crippen LogP contribution in [0.1, 0.15) is 42.9 Å². The van der Waals surface area contributed by atoms with Crippen LogP contribution in [0.2, 0.25) is 0 Å². The molecule has 1 N–H and O–H groups in total. The third kappa shape index (κ3) is 4.53. The second kappa shape index (κ2) is 8.94. The second-order valence-electron chi connectivity index (χ2n) is 8.17. The molecule has 0 aliphatic carbocycles. The minimum Gasteiger partial charge on any atom is -0.393 e. The Labute approximate surface area is 175 Å². The molecular weight excluding hydrogens is 385 g/mol. The SMILES string of the molecule is N#Cc1cc(CN2CCC[C@@H](n3ncc(N4CCC(O)CC4)cc3=O)C2)ccc1F. The van der Waals surface area contributed by atoms with Crippen LogP contribution in [0.4, 0.5) is 10.1 Å². The number of aliphatic hydroxyl groups excluding tert-OH is 1. The van der Waals surface area contributed by atoms with Crippen LogP contribution in [0.3, 0.4) is 0 Å². The average Bonchev–Trinajstić information content (AvgIpc) is 2.76. The number of benzene rings is 1. The fourth-order valence-corrected chi connectivity index (χ4v) is 4.37. The summed E-state index contributed by atoms with van der Waals surface area (Å²) < 4.78 is 15.1. The van der Waals surface area contributed by atoms with Gasteiger partial charge in [-0.15, -0.1) is 0 Å². The van der Waals surface area contributed by atoms with E-state index in [1.807, 2.05) is 6.07 Å². The maximum absolute atomic E-state index is 13.6. The van der Waals surface area contributed by atoms with E-state index in [-0.39, 0.29) is 23.3 Å². The largest absolute Gasteiger partial charge is 0.393 e. The fraction of sp³-hybridized carbons (Fsp3) is 0.500. The zero-order valence-electron chi connectivity index (χ0n) is 16.9. The standard InChI is InChI=1S/C22H26FN5O2/c23-21-4-3-16(10-17(21)12-24)14-26-7-1-2-18(15-26)28-22(30)11-19(13-25-28)27-8-5-20(29)6-9-27/h3-4,10-11,13,18,20,29H,1-2,5-9,14-15H2/t18-/m1/s1. The Morgan fingerprint density at radius 2 is 2.00 bits per heavy atom. The van der Waals surface area contributed by atoms with Gasteiger partial charge in [0, 0.05) is 32.2 Å². The summed E-state index contributed by atoms with van der Waals surface area (Å²) in [6.45, 7) is 3.63. The summed E-state index contributed by atoms with van der Waals surface area (Å²) in [7, 11) is 0. The van der Waals surface area contributed by atoms with Gasteiger partial charge in [0.2, 0.25) is 0 Å². The third-order valence-corrected chi connectivity index (χ3v) is 6.03. The highest BCUT2D eigenvalue weighted by Gasteiger charge is 2.24. The summed E-state index contributed by atoms with van der Waals surface area (Å²) >= 11 is 0. The van der Waals surface area contributed by atoms with Crippen LogP contribution in [-0.4, -0.2) is 52.1 Å². The molecule has 158 valence electrons. The molecule has 1 atom stereocenters. The Bertz CT molecular complexity index is 994. The van der Waals surface area contributed by atoms with Crippen molar-refractivity contribution in [3.05, 3.63) is 57.8 Å². The fourth-order valence-electron chi connectivity index (χ4n) is 4.37. The van der Waals surface area contributed by atoms with Crippen molar-refractivity contribution in [2.24, 2.45) is 0 Å². The molecule has 2 aliphatic heterocycles. The van der Waals surface area contributed by atoms with Crippen LogP contribution in [0, 0.1) is 17.1 Å². The number of rotatable bonds is 4. The lowest BCUT2D eigenvalue weighted by Crippen LogP contribution is -2.41. The molecule has 2 aromatic rings. The summed E-state index contributed by atoms with van der Waals surface area (Å²) in [4.78, 5) is 17.1. The third-order valence-electron chi connectivity index (χ3n) is 6.03. The maximum Gasteiger partial charge on any atom is 0.269 e. The van der Waals surface area contributed by atoms with E-state index in [1.54, 1.807) is 29.1 Å². The zero-order chi connectivity index (χ0) is 21.1. The first kappa shape index (κ1) is 20.5. The van der Waals surface area contributed by atoms with Gasteiger partial charge in [0.25, 0.3) is 5.56 Å². The van der Waals surface area contributed by atoms with E-state index in [0.717, 1.165) is 43.7 Å². The van der Waals surface area contributed by atoms with Gasteiger partial charge in [-0.25, -0.2) is 9.07 Å². The zero-order valence-corrected chi connectivity index (χ0v) is 16.9. The molecule has 0 radical (unpaired) electrons. The molecule has 2 saturated heterocycles. The number of nitriles is 1. The minimum atomic E-state index is -0.503. The molecular formula is C22H26FN5O2. The summed E-state index contributed by atoms with van der Waals surface area (Å²) in [6.07, 6.45) is 4.72. The molecule has 1 aromatic heterocycles. The monoisotopic (exact) mass is 411 g/mol. The van der Waals surface area contributed by atoms with E-state index in [1.165, 1.54) is 6.07 Å². The number of hydrogen-bond donors (Lipinski definition) is 1. The van der Waals surface area contributed by atoms with Crippen molar-refractivity contribution >= 4 is 5.69 Å². The molecule has 30 heavy (non-hydrogen) atoms. The molecule has 0 amide bonds. The van der Waals surface area contributed by atoms with Crippen LogP contribution in [0.25, 0.3) is 0 Å². The molecule has 0 unspecified atom stereocenters. The second-order valence-corrected chi connectivity index (χ2v) is 8.17. The molecule has 3 heterocycles. The van der Waals surface area contributed by atoms with E-state index in [2.05, 4.69) is 14.9 Å². The summed E-state index contributed by atoms with van der Waals surface area (Å²) in [5.41, 5.74) is 1.64. The van der Waals surface area contributed by atoms with Crippen LogP contribution in [0.5, 0.6) is 0 Å². The maximum atomic E-state index is 13.6. The smallest absolute Gasteiger partial charge is 0.269 e. The first-order chi connectivity index (χ1) is 14.5. The van der Waals surface area contributed by atoms with Gasteiger partial charge in [-0.2, -0.15) is 10.4 Å². The summed E-state index contributed by atoms with van der Waals surface area (Å²) in [5.74, 6) is -0.503. The molecule has 2 fully saturated rings. The quantitative estimate of drug-likeness (QED) is 0.829. The van der Waals surface area contributed by atoms with Crippen LogP contribution >= 0.6 is 0 Å². The van der Waals surface area contributed by atoms with Gasteiger partial charge in [-0.1, -0.05) is 6.07 Å². The van der Waals surface area contributed by atoms with Gasteiger partial charge >= 0.3 is 0 Å². The highest BCUT2D eigenvalue weighted by Crippen LogP contribution is 2.23. The van der Waals surface area contributed by atoms with E-state index in [9.17, 15) is 14.3 Å². The molecule has 2 aliphatic rings. The molecule has 0 bridgehead atoms. The number of nitrogens with zero attached hydrogens (tertiary/aromatic N) is 5. The Kier molecular flexibility index (Phi) is 6.11. The predicted octanol–water partition coefficient (Wildman–Crippen LogP) is 2.05. The van der Waals surface area contributed by atoms with E-state index >= 15 is 0 Å². The van der Waals surface area contributed by atoms with Gasteiger partial charge in [-0.05, 0) is 49.9 Å². The molecule has 8 heteroatoms. The normalized spacial score (nSPS) is 20.8. The van der Waals surface area contributed by atoms with Crippen molar-refractivity contribution in [3.8, 4) is 6.07 Å². The van der Waals surface area contributed by atoms with Crippen molar-refractivity contribution in [2.45, 2.75) is 44.4 Å². The van der Waals surface area contributed by atoms with Crippen molar-refractivity contribution in [1.29, 1.82) is 5.26 Å². The lowest BCUT2D eigenvalue weighted by molar-refractivity contribution is 0.145.